The fourth-order valence-electron chi connectivity index (χ4n) is 3.25. The van der Waals surface area contributed by atoms with Crippen LogP contribution in [0.5, 0.6) is 11.6 Å². The van der Waals surface area contributed by atoms with Gasteiger partial charge in [0.1, 0.15) is 11.3 Å². The van der Waals surface area contributed by atoms with Crippen molar-refractivity contribution in [3.05, 3.63) is 108 Å². The lowest BCUT2D eigenvalue weighted by Gasteiger charge is -2.13. The summed E-state index contributed by atoms with van der Waals surface area (Å²) >= 11 is 0. The van der Waals surface area contributed by atoms with Crippen molar-refractivity contribution >= 4 is 5.91 Å². The summed E-state index contributed by atoms with van der Waals surface area (Å²) in [6.07, 6.45) is 1.53. The van der Waals surface area contributed by atoms with Crippen LogP contribution in [0.1, 0.15) is 41.3 Å². The predicted molar refractivity (Wildman–Crippen MR) is 126 cm³/mol. The summed E-state index contributed by atoms with van der Waals surface area (Å²) < 4.78 is 6.12. The molecular weight excluding hydrogens is 398 g/mol. The van der Waals surface area contributed by atoms with Crippen LogP contribution in [0, 0.1) is 0 Å². The van der Waals surface area contributed by atoms with E-state index in [0.717, 1.165) is 16.7 Å². The average molecular weight is 424 g/mol. The number of nitrogens with zero attached hydrogens (tertiary/aromatic N) is 2. The van der Waals surface area contributed by atoms with E-state index in [1.54, 1.807) is 0 Å². The first-order chi connectivity index (χ1) is 15.6. The van der Waals surface area contributed by atoms with Crippen LogP contribution in [0.2, 0.25) is 0 Å². The second-order valence-electron chi connectivity index (χ2n) is 7.78. The van der Waals surface area contributed by atoms with E-state index in [9.17, 15) is 4.79 Å². The number of ether oxygens (including phenoxy) is 1. The molecule has 0 spiro atoms. The van der Waals surface area contributed by atoms with Crippen molar-refractivity contribution in [2.45, 2.75) is 26.3 Å². The van der Waals surface area contributed by atoms with Gasteiger partial charge in [0, 0.05) is 18.3 Å². The molecule has 0 fully saturated rings. The molecule has 0 saturated heterocycles. The van der Waals surface area contributed by atoms with Crippen molar-refractivity contribution in [1.82, 2.24) is 15.3 Å². The summed E-state index contributed by atoms with van der Waals surface area (Å²) in [5, 5.41) is 2.93. The molecule has 32 heavy (non-hydrogen) atoms. The average Bonchev–Trinajstić information content (AvgIpc) is 2.84. The minimum Gasteiger partial charge on any atom is -0.438 e. The topological polar surface area (TPSA) is 64.1 Å². The number of carbonyl (C=O) groups excluding carboxylic acids is 1. The normalized spacial score (nSPS) is 10.7. The summed E-state index contributed by atoms with van der Waals surface area (Å²) in [5.74, 6) is 1.43. The maximum Gasteiger partial charge on any atom is 0.258 e. The molecule has 160 valence electrons. The molecule has 0 aliphatic heterocycles. The number of carbonyl (C=O) groups is 1. The summed E-state index contributed by atoms with van der Waals surface area (Å²) in [7, 11) is 0. The predicted octanol–water partition coefficient (Wildman–Crippen LogP) is 5.99. The first kappa shape index (κ1) is 21.2. The number of hydrogen-bond donors (Lipinski definition) is 1. The third-order valence-corrected chi connectivity index (χ3v) is 5.07. The maximum atomic E-state index is 13.0. The Bertz CT molecular complexity index is 1190. The number of hydrogen-bond acceptors (Lipinski definition) is 4. The van der Waals surface area contributed by atoms with Gasteiger partial charge < -0.3 is 10.1 Å². The Balaban J connectivity index is 1.65. The largest absolute Gasteiger partial charge is 0.438 e. The van der Waals surface area contributed by atoms with Gasteiger partial charge in [0.2, 0.25) is 5.88 Å². The van der Waals surface area contributed by atoms with Gasteiger partial charge in [-0.25, -0.2) is 4.98 Å². The van der Waals surface area contributed by atoms with Gasteiger partial charge in [-0.3, -0.25) is 4.79 Å². The lowest BCUT2D eigenvalue weighted by molar-refractivity contribution is 0.0947. The fourth-order valence-corrected chi connectivity index (χ4v) is 3.25. The van der Waals surface area contributed by atoms with Gasteiger partial charge in [-0.1, -0.05) is 86.6 Å². The van der Waals surface area contributed by atoms with Crippen LogP contribution in [0.3, 0.4) is 0 Å². The highest BCUT2D eigenvalue weighted by atomic mass is 16.5. The van der Waals surface area contributed by atoms with Crippen molar-refractivity contribution in [3.8, 4) is 23.0 Å². The van der Waals surface area contributed by atoms with E-state index in [-0.39, 0.29) is 17.4 Å². The molecule has 1 heterocycles. The Morgan fingerprint density at radius 1 is 0.938 bits per heavy atom. The molecule has 3 aromatic carbocycles. The van der Waals surface area contributed by atoms with Crippen LogP contribution < -0.4 is 10.1 Å². The molecular formula is C27H25N3O2. The number of rotatable bonds is 7. The van der Waals surface area contributed by atoms with E-state index < -0.39 is 0 Å². The Hall–Kier alpha value is -3.99. The zero-order valence-corrected chi connectivity index (χ0v) is 18.2. The summed E-state index contributed by atoms with van der Waals surface area (Å²) in [5.41, 5.74) is 3.30. The third kappa shape index (κ3) is 5.19. The zero-order chi connectivity index (χ0) is 22.3. The molecule has 0 unspecified atom stereocenters. The first-order valence-corrected chi connectivity index (χ1v) is 10.6. The minimum atomic E-state index is -0.288. The van der Waals surface area contributed by atoms with Crippen LogP contribution in [0.4, 0.5) is 0 Å². The van der Waals surface area contributed by atoms with Crippen LogP contribution >= 0.6 is 0 Å². The standard InChI is InChI=1S/C27H25N3O2/c1-19(2)22-14-9-15-23(16-22)32-27-24(26(31)29-17-20-10-5-3-6-11-20)18-28-25(30-27)21-12-7-4-8-13-21/h3-16,18-19H,17H2,1-2H3,(H,29,31). The van der Waals surface area contributed by atoms with Crippen molar-refractivity contribution < 1.29 is 9.53 Å². The zero-order valence-electron chi connectivity index (χ0n) is 18.2. The molecule has 5 nitrogen and oxygen atoms in total. The van der Waals surface area contributed by atoms with E-state index in [2.05, 4.69) is 35.2 Å². The van der Waals surface area contributed by atoms with Crippen molar-refractivity contribution in [2.24, 2.45) is 0 Å². The summed E-state index contributed by atoms with van der Waals surface area (Å²) in [6.45, 7) is 4.65. The number of nitrogens with one attached hydrogen (secondary N) is 1. The Kier molecular flexibility index (Phi) is 6.56. The highest BCUT2D eigenvalue weighted by Crippen LogP contribution is 2.28. The molecule has 0 atom stereocenters. The van der Waals surface area contributed by atoms with E-state index in [1.807, 2.05) is 78.9 Å². The molecule has 4 aromatic rings. The van der Waals surface area contributed by atoms with Gasteiger partial charge >= 0.3 is 0 Å². The van der Waals surface area contributed by atoms with E-state index in [0.29, 0.717) is 24.0 Å². The van der Waals surface area contributed by atoms with Crippen LogP contribution in [-0.2, 0) is 6.54 Å². The molecule has 0 aliphatic rings. The van der Waals surface area contributed by atoms with Gasteiger partial charge in [0.15, 0.2) is 5.82 Å². The molecule has 4 rings (SSSR count). The lowest BCUT2D eigenvalue weighted by Crippen LogP contribution is -2.24. The Labute approximate surface area is 188 Å². The molecule has 0 radical (unpaired) electrons. The van der Waals surface area contributed by atoms with Gasteiger partial charge in [0.05, 0.1) is 0 Å². The van der Waals surface area contributed by atoms with Crippen molar-refractivity contribution in [2.75, 3.05) is 0 Å². The molecule has 0 bridgehead atoms. The quantitative estimate of drug-likeness (QED) is 0.397. The van der Waals surface area contributed by atoms with Crippen LogP contribution in [0.25, 0.3) is 11.4 Å². The minimum absolute atomic E-state index is 0.227. The molecule has 1 amide bonds. The van der Waals surface area contributed by atoms with E-state index in [4.69, 9.17) is 4.74 Å². The van der Waals surface area contributed by atoms with Gasteiger partial charge in [0.25, 0.3) is 5.91 Å². The van der Waals surface area contributed by atoms with Crippen molar-refractivity contribution in [3.63, 3.8) is 0 Å². The first-order valence-electron chi connectivity index (χ1n) is 10.6. The second-order valence-corrected chi connectivity index (χ2v) is 7.78. The number of aromatic nitrogens is 2. The number of amides is 1. The summed E-state index contributed by atoms with van der Waals surface area (Å²) in [4.78, 5) is 22.0. The van der Waals surface area contributed by atoms with E-state index >= 15 is 0 Å². The monoisotopic (exact) mass is 423 g/mol. The highest BCUT2D eigenvalue weighted by Gasteiger charge is 2.18. The van der Waals surface area contributed by atoms with E-state index in [1.165, 1.54) is 6.20 Å². The molecule has 1 N–H and O–H groups in total. The molecule has 1 aromatic heterocycles. The SMILES string of the molecule is CC(C)c1cccc(Oc2nc(-c3ccccc3)ncc2C(=O)NCc2ccccc2)c1. The molecule has 0 saturated carbocycles. The number of benzene rings is 3. The molecule has 0 aliphatic carbocycles. The van der Waals surface area contributed by atoms with Crippen LogP contribution in [-0.4, -0.2) is 15.9 Å². The van der Waals surface area contributed by atoms with Gasteiger partial charge in [-0.05, 0) is 29.2 Å². The fraction of sp³-hybridized carbons (Fsp3) is 0.148. The molecule has 5 heteroatoms. The lowest BCUT2D eigenvalue weighted by atomic mass is 10.0. The second kappa shape index (κ2) is 9.88. The van der Waals surface area contributed by atoms with Crippen LogP contribution in [0.15, 0.2) is 91.1 Å². The third-order valence-electron chi connectivity index (χ3n) is 5.07. The van der Waals surface area contributed by atoms with Crippen molar-refractivity contribution in [1.29, 1.82) is 0 Å². The maximum absolute atomic E-state index is 13.0. The highest BCUT2D eigenvalue weighted by molar-refractivity contribution is 5.96. The summed E-state index contributed by atoms with van der Waals surface area (Å²) in [6, 6.07) is 27.2. The Morgan fingerprint density at radius 3 is 2.38 bits per heavy atom. The Morgan fingerprint density at radius 2 is 1.66 bits per heavy atom. The van der Waals surface area contributed by atoms with Gasteiger partial charge in [-0.2, -0.15) is 4.98 Å². The smallest absolute Gasteiger partial charge is 0.258 e. The van der Waals surface area contributed by atoms with Gasteiger partial charge in [-0.15, -0.1) is 0 Å².